The number of nitrogens with two attached hydrogens (primary N) is 1. The Balaban J connectivity index is 1.35. The maximum atomic E-state index is 12.7. The third-order valence-corrected chi connectivity index (χ3v) is 11.0. The quantitative estimate of drug-likeness (QED) is 0.189. The molecule has 0 heterocycles. The first kappa shape index (κ1) is 32.5. The van der Waals surface area contributed by atoms with E-state index in [1.807, 2.05) is 0 Å². The number of hydrogen-bond acceptors (Lipinski definition) is 7. The monoisotopic (exact) mass is 598 g/mol. The van der Waals surface area contributed by atoms with Gasteiger partial charge in [-0.3, -0.25) is 14.4 Å². The van der Waals surface area contributed by atoms with E-state index in [0.717, 1.165) is 44.2 Å². The van der Waals surface area contributed by atoms with Gasteiger partial charge in [-0.15, -0.1) is 6.42 Å². The molecule has 6 N–H and O–H groups in total. The van der Waals surface area contributed by atoms with Crippen LogP contribution in [0.4, 0.5) is 0 Å². The second-order valence-corrected chi connectivity index (χ2v) is 13.7. The van der Waals surface area contributed by atoms with E-state index < -0.39 is 54.4 Å². The highest BCUT2D eigenvalue weighted by atomic mass is 16.6. The highest BCUT2D eigenvalue weighted by Gasteiger charge is 2.63. The van der Waals surface area contributed by atoms with Gasteiger partial charge in [-0.1, -0.05) is 44.3 Å². The van der Waals surface area contributed by atoms with Crippen molar-refractivity contribution in [1.82, 2.24) is 10.6 Å². The van der Waals surface area contributed by atoms with Crippen molar-refractivity contribution in [3.8, 4) is 12.3 Å². The fraction of sp³-hybridized carbons (Fsp3) is 0.719. The molecule has 0 aromatic carbocycles. The zero-order chi connectivity index (χ0) is 31.7. The Kier molecular flexibility index (Phi) is 9.31. The van der Waals surface area contributed by atoms with Gasteiger partial charge < -0.3 is 31.4 Å². The molecule has 8 atom stereocenters. The highest BCUT2D eigenvalue weighted by Crippen LogP contribution is 2.67. The second-order valence-electron chi connectivity index (χ2n) is 13.7. The molecular formula is C32H46N4O7. The molecule has 43 heavy (non-hydrogen) atoms. The number of nitrogens with zero attached hydrogens (tertiary/aromatic N) is 1. The number of allylic oxidation sites excluding steroid dienone is 2. The molecule has 4 aliphatic carbocycles. The first-order valence-corrected chi connectivity index (χ1v) is 15.4. The van der Waals surface area contributed by atoms with Gasteiger partial charge in [0.1, 0.15) is 17.7 Å². The van der Waals surface area contributed by atoms with Gasteiger partial charge in [-0.25, -0.2) is 4.79 Å². The van der Waals surface area contributed by atoms with Crippen LogP contribution in [-0.2, 0) is 24.0 Å². The number of amides is 3. The molecule has 3 fully saturated rings. The topological polar surface area (TPSA) is 180 Å². The predicted molar refractivity (Wildman–Crippen MR) is 159 cm³/mol. The van der Waals surface area contributed by atoms with Crippen molar-refractivity contribution >= 4 is 29.4 Å². The van der Waals surface area contributed by atoms with Gasteiger partial charge in [0.15, 0.2) is 6.61 Å². The molecule has 11 nitrogen and oxygen atoms in total. The summed E-state index contributed by atoms with van der Waals surface area (Å²) in [6.45, 7) is 7.54. The lowest BCUT2D eigenvalue weighted by Crippen LogP contribution is -2.54. The number of hydrogen-bond donors (Lipinski definition) is 5. The summed E-state index contributed by atoms with van der Waals surface area (Å²) in [5.41, 5.74) is 6.03. The summed E-state index contributed by atoms with van der Waals surface area (Å²) in [6.07, 6.45) is 14.7. The summed E-state index contributed by atoms with van der Waals surface area (Å²) in [5, 5.41) is 29.6. The maximum absolute atomic E-state index is 12.7. The van der Waals surface area contributed by atoms with Crippen LogP contribution < -0.4 is 16.4 Å². The number of carbonyl (C=O) groups is 4. The van der Waals surface area contributed by atoms with Crippen LogP contribution in [0.3, 0.4) is 0 Å². The largest absolute Gasteiger partial charge is 0.480 e. The predicted octanol–water partition coefficient (Wildman–Crippen LogP) is 2.27. The summed E-state index contributed by atoms with van der Waals surface area (Å²) >= 11 is 0. The lowest BCUT2D eigenvalue weighted by atomic mass is 9.46. The van der Waals surface area contributed by atoms with Crippen LogP contribution in [-0.4, -0.2) is 63.9 Å². The van der Waals surface area contributed by atoms with Crippen molar-refractivity contribution < 1.29 is 34.2 Å². The van der Waals surface area contributed by atoms with E-state index in [0.29, 0.717) is 30.6 Å². The van der Waals surface area contributed by atoms with Gasteiger partial charge in [-0.05, 0) is 86.5 Å². The van der Waals surface area contributed by atoms with Crippen molar-refractivity contribution in [2.75, 3.05) is 6.61 Å². The summed E-state index contributed by atoms with van der Waals surface area (Å²) in [4.78, 5) is 53.2. The molecule has 0 radical (unpaired) electrons. The Morgan fingerprint density at radius 1 is 1.12 bits per heavy atom. The number of aliphatic carboxylic acids is 1. The normalized spacial score (nSPS) is 35.3. The lowest BCUT2D eigenvalue weighted by Gasteiger charge is -2.58. The van der Waals surface area contributed by atoms with Crippen LogP contribution in [0.5, 0.6) is 0 Å². The third-order valence-electron chi connectivity index (χ3n) is 11.0. The molecule has 0 spiro atoms. The first-order valence-electron chi connectivity index (χ1n) is 15.4. The Morgan fingerprint density at radius 2 is 1.81 bits per heavy atom. The zero-order valence-corrected chi connectivity index (χ0v) is 25.7. The van der Waals surface area contributed by atoms with Crippen LogP contribution in [0.15, 0.2) is 16.8 Å². The fourth-order valence-corrected chi connectivity index (χ4v) is 8.48. The molecule has 0 bridgehead atoms. The second kappa shape index (κ2) is 12.3. The number of rotatable bonds is 10. The lowest BCUT2D eigenvalue weighted by molar-refractivity contribution is -0.144. The summed E-state index contributed by atoms with van der Waals surface area (Å²) in [5.74, 6) is 0.285. The van der Waals surface area contributed by atoms with Gasteiger partial charge in [0.2, 0.25) is 11.8 Å². The number of oxime groups is 1. The molecule has 5 unspecified atom stereocenters. The Bertz CT molecular complexity index is 1250. The van der Waals surface area contributed by atoms with Gasteiger partial charge >= 0.3 is 5.97 Å². The molecule has 0 aromatic heterocycles. The van der Waals surface area contributed by atoms with E-state index in [9.17, 15) is 29.4 Å². The van der Waals surface area contributed by atoms with Gasteiger partial charge in [0, 0.05) is 5.41 Å². The van der Waals surface area contributed by atoms with Crippen LogP contribution in [0.1, 0.15) is 85.5 Å². The maximum Gasteiger partial charge on any atom is 0.326 e. The van der Waals surface area contributed by atoms with Crippen molar-refractivity contribution in [3.63, 3.8) is 0 Å². The molecule has 11 heteroatoms. The number of carbonyl (C=O) groups excluding carboxylic acids is 3. The highest BCUT2D eigenvalue weighted by molar-refractivity contribution is 5.96. The first-order chi connectivity index (χ1) is 20.1. The number of primary amides is 1. The van der Waals surface area contributed by atoms with Gasteiger partial charge in [0.05, 0.1) is 12.1 Å². The number of carboxylic acid groups (broad SMARTS) is 1. The van der Waals surface area contributed by atoms with Crippen LogP contribution >= 0.6 is 0 Å². The van der Waals surface area contributed by atoms with Gasteiger partial charge in [0.25, 0.3) is 5.91 Å². The summed E-state index contributed by atoms with van der Waals surface area (Å²) in [7, 11) is 0. The smallest absolute Gasteiger partial charge is 0.326 e. The summed E-state index contributed by atoms with van der Waals surface area (Å²) < 4.78 is 0. The van der Waals surface area contributed by atoms with Crippen molar-refractivity contribution in [3.05, 3.63) is 11.6 Å². The number of carboxylic acids is 1. The van der Waals surface area contributed by atoms with E-state index >= 15 is 0 Å². The SMILES string of the molecule is C#C[C@@]1(O)CCC2C3CCC4=CC(=NOCC(=O)NC(C(=O)NC(CC(N)=O)C(=O)O)C(C)C)CC[C@]4(C)C3CC[C@@]21C. The van der Waals surface area contributed by atoms with Crippen molar-refractivity contribution in [2.45, 2.75) is 103 Å². The van der Waals surface area contributed by atoms with E-state index in [1.165, 1.54) is 5.57 Å². The number of nitrogens with one attached hydrogen (secondary N) is 2. The van der Waals surface area contributed by atoms with Crippen LogP contribution in [0.25, 0.3) is 0 Å². The van der Waals surface area contributed by atoms with E-state index in [1.54, 1.807) is 13.8 Å². The Morgan fingerprint density at radius 3 is 2.44 bits per heavy atom. The molecular weight excluding hydrogens is 552 g/mol. The zero-order valence-electron chi connectivity index (χ0n) is 25.7. The minimum absolute atomic E-state index is 0.0532. The molecule has 0 saturated heterocycles. The number of terminal acetylenes is 1. The summed E-state index contributed by atoms with van der Waals surface area (Å²) in [6, 6.07) is -2.53. The average Bonchev–Trinajstić information content (AvgIpc) is 3.21. The number of aliphatic hydroxyl groups is 1. The third kappa shape index (κ3) is 6.17. The van der Waals surface area contributed by atoms with E-state index in [-0.39, 0.29) is 16.7 Å². The fourth-order valence-electron chi connectivity index (χ4n) is 8.48. The molecule has 3 saturated carbocycles. The van der Waals surface area contributed by atoms with Gasteiger partial charge in [-0.2, -0.15) is 0 Å². The standard InChI is InChI=1S/C32H46N4O7/c1-6-32(42)14-11-23-21-8-7-19-15-20(9-12-30(19,4)22(21)10-13-31(23,32)5)36-43-17-26(38)35-27(18(2)3)28(39)34-24(29(40)41)16-25(33)37/h1,15,18,21-24,27,42H,7-14,16-17H2,2-5H3,(H2,33,37)(H,34,39)(H,35,38)(H,40,41)/t21?,22?,23?,24?,27?,30-,31-,32+/m0/s1. The molecule has 4 rings (SSSR count). The Hall–Kier alpha value is -3.39. The average molecular weight is 599 g/mol. The van der Waals surface area contributed by atoms with E-state index in [2.05, 4.69) is 41.6 Å². The van der Waals surface area contributed by atoms with Crippen molar-refractivity contribution in [2.24, 2.45) is 45.4 Å². The molecule has 3 amide bonds. The van der Waals surface area contributed by atoms with Crippen LogP contribution in [0, 0.1) is 46.8 Å². The Labute approximate surface area is 253 Å². The minimum atomic E-state index is -1.49. The van der Waals surface area contributed by atoms with Crippen molar-refractivity contribution in [1.29, 1.82) is 0 Å². The number of fused-ring (bicyclic) bond motifs is 5. The molecule has 0 aliphatic heterocycles. The molecule has 4 aliphatic rings. The minimum Gasteiger partial charge on any atom is -0.480 e. The van der Waals surface area contributed by atoms with E-state index in [4.69, 9.17) is 17.0 Å². The van der Waals surface area contributed by atoms with Crippen LogP contribution in [0.2, 0.25) is 0 Å². The molecule has 236 valence electrons. The molecule has 0 aromatic rings.